The number of hydrogen-bond donors (Lipinski definition) is 3. The maximum atomic E-state index is 13.1. The van der Waals surface area contributed by atoms with E-state index >= 15 is 0 Å². The van der Waals surface area contributed by atoms with E-state index in [1.165, 1.54) is 35.5 Å². The molecule has 3 aromatic rings. The molecular formula is C26H31N5O5S. The van der Waals surface area contributed by atoms with E-state index in [0.29, 0.717) is 12.3 Å². The van der Waals surface area contributed by atoms with Crippen LogP contribution in [0.1, 0.15) is 37.3 Å². The quantitative estimate of drug-likeness (QED) is 0.328. The van der Waals surface area contributed by atoms with Gasteiger partial charge < -0.3 is 25.7 Å². The summed E-state index contributed by atoms with van der Waals surface area (Å²) < 4.78 is 7.19. The van der Waals surface area contributed by atoms with Gasteiger partial charge in [0.1, 0.15) is 16.7 Å². The van der Waals surface area contributed by atoms with Crippen LogP contribution in [-0.2, 0) is 27.3 Å². The van der Waals surface area contributed by atoms with Gasteiger partial charge in [0.05, 0.1) is 23.9 Å². The van der Waals surface area contributed by atoms with E-state index in [1.54, 1.807) is 23.6 Å². The summed E-state index contributed by atoms with van der Waals surface area (Å²) in [4.78, 5) is 53.3. The summed E-state index contributed by atoms with van der Waals surface area (Å²) in [7, 11) is 1.18. The number of ether oxygens (including phenoxy) is 1. The van der Waals surface area contributed by atoms with Crippen molar-refractivity contribution in [3.63, 3.8) is 0 Å². The first kappa shape index (κ1) is 27.6. The first-order chi connectivity index (χ1) is 17.7. The Morgan fingerprint density at radius 2 is 2.00 bits per heavy atom. The summed E-state index contributed by atoms with van der Waals surface area (Å²) in [6, 6.07) is 8.22. The molecule has 0 radical (unpaired) electrons. The van der Waals surface area contributed by atoms with Gasteiger partial charge in [-0.15, -0.1) is 11.3 Å². The molecule has 0 unspecified atom stereocenters. The second-order valence-electron chi connectivity index (χ2n) is 8.89. The predicted molar refractivity (Wildman–Crippen MR) is 143 cm³/mol. The minimum atomic E-state index is -0.998. The fourth-order valence-electron chi connectivity index (χ4n) is 3.77. The summed E-state index contributed by atoms with van der Waals surface area (Å²) in [6.45, 7) is 4.59. The SMILES string of the molecule is COC(=O)N[C@@H](CC/C=C/C(N)=O)C(=O)Nc1cccn(Cc2nc3cccc(CC(C)C)c3s2)c1=O. The van der Waals surface area contributed by atoms with Crippen LogP contribution in [0.5, 0.6) is 0 Å². The molecule has 10 nitrogen and oxygen atoms in total. The fraction of sp³-hybridized carbons (Fsp3) is 0.346. The van der Waals surface area contributed by atoms with E-state index in [9.17, 15) is 19.2 Å². The molecule has 3 rings (SSSR count). The number of amides is 3. The molecule has 0 saturated carbocycles. The van der Waals surface area contributed by atoms with Crippen LogP contribution in [0, 0.1) is 5.92 Å². The molecule has 0 aliphatic rings. The molecule has 0 aliphatic carbocycles. The van der Waals surface area contributed by atoms with Gasteiger partial charge in [0.25, 0.3) is 5.56 Å². The number of benzene rings is 1. The maximum absolute atomic E-state index is 13.1. The minimum absolute atomic E-state index is 0.0680. The molecule has 0 spiro atoms. The number of alkyl carbamates (subject to hydrolysis) is 1. The van der Waals surface area contributed by atoms with Crippen LogP contribution in [0.15, 0.2) is 53.5 Å². The van der Waals surface area contributed by atoms with Gasteiger partial charge in [0.15, 0.2) is 0 Å². The number of hydrogen-bond acceptors (Lipinski definition) is 7. The highest BCUT2D eigenvalue weighted by Gasteiger charge is 2.22. The number of nitrogens with one attached hydrogen (secondary N) is 2. The molecule has 0 saturated heterocycles. The number of carbonyl (C=O) groups excluding carboxylic acids is 3. The smallest absolute Gasteiger partial charge is 0.407 e. The van der Waals surface area contributed by atoms with Crippen molar-refractivity contribution < 1.29 is 19.1 Å². The average Bonchev–Trinajstić information content (AvgIpc) is 3.26. The number of methoxy groups -OCH3 is 1. The number of anilines is 1. The third-order valence-electron chi connectivity index (χ3n) is 5.45. The number of thiazole rings is 1. The summed E-state index contributed by atoms with van der Waals surface area (Å²) >= 11 is 1.56. The molecule has 1 atom stereocenters. The Labute approximate surface area is 218 Å². The molecule has 0 fully saturated rings. The third-order valence-corrected chi connectivity index (χ3v) is 6.58. The minimum Gasteiger partial charge on any atom is -0.453 e. The van der Waals surface area contributed by atoms with E-state index in [0.717, 1.165) is 21.6 Å². The Morgan fingerprint density at radius 1 is 1.22 bits per heavy atom. The lowest BCUT2D eigenvalue weighted by molar-refractivity contribution is -0.118. The van der Waals surface area contributed by atoms with E-state index in [-0.39, 0.29) is 18.7 Å². The summed E-state index contributed by atoms with van der Waals surface area (Å²) in [5.74, 6) is -0.696. The summed E-state index contributed by atoms with van der Waals surface area (Å²) in [5, 5.41) is 5.82. The van der Waals surface area contributed by atoms with Gasteiger partial charge in [-0.2, -0.15) is 0 Å². The molecule has 37 heavy (non-hydrogen) atoms. The summed E-state index contributed by atoms with van der Waals surface area (Å²) in [6.07, 6.45) is 4.92. The van der Waals surface area contributed by atoms with Gasteiger partial charge in [0.2, 0.25) is 11.8 Å². The lowest BCUT2D eigenvalue weighted by Crippen LogP contribution is -2.44. The van der Waals surface area contributed by atoms with E-state index in [1.807, 2.05) is 12.1 Å². The van der Waals surface area contributed by atoms with Crippen molar-refractivity contribution in [2.24, 2.45) is 11.7 Å². The molecule has 11 heteroatoms. The number of nitrogens with two attached hydrogens (primary N) is 1. The van der Waals surface area contributed by atoms with Crippen LogP contribution in [0.2, 0.25) is 0 Å². The largest absolute Gasteiger partial charge is 0.453 e. The van der Waals surface area contributed by atoms with Crippen LogP contribution in [0.4, 0.5) is 10.5 Å². The highest BCUT2D eigenvalue weighted by atomic mass is 32.1. The number of carbonyl (C=O) groups is 3. The van der Waals surface area contributed by atoms with Crippen LogP contribution in [0.25, 0.3) is 10.2 Å². The summed E-state index contributed by atoms with van der Waals surface area (Å²) in [5.41, 5.74) is 6.88. The second-order valence-corrected chi connectivity index (χ2v) is 9.97. The standard InChI is InChI=1S/C26H31N5O5S/c1-16(2)14-17-8-6-10-18-23(17)37-22(28-18)15-31-13-7-11-20(25(31)34)29-24(33)19(30-26(35)36-3)9-4-5-12-21(27)32/h5-8,10-13,16,19H,4,9,14-15H2,1-3H3,(H2,27,32)(H,29,33)(H,30,35)/b12-5+/t19-/m0/s1. The fourth-order valence-corrected chi connectivity index (χ4v) is 4.86. The van der Waals surface area contributed by atoms with Crippen molar-refractivity contribution in [3.05, 3.63) is 69.6 Å². The number of pyridine rings is 1. The van der Waals surface area contributed by atoms with Crippen LogP contribution in [0.3, 0.4) is 0 Å². The highest BCUT2D eigenvalue weighted by molar-refractivity contribution is 7.18. The second kappa shape index (κ2) is 12.8. The van der Waals surface area contributed by atoms with Crippen molar-refractivity contribution in [1.82, 2.24) is 14.9 Å². The number of aromatic nitrogens is 2. The topological polar surface area (TPSA) is 145 Å². The van der Waals surface area contributed by atoms with Crippen molar-refractivity contribution in [1.29, 1.82) is 0 Å². The number of nitrogens with zero attached hydrogens (tertiary/aromatic N) is 2. The Kier molecular flexibility index (Phi) is 9.56. The monoisotopic (exact) mass is 525 g/mol. The van der Waals surface area contributed by atoms with Gasteiger partial charge in [-0.3, -0.25) is 14.4 Å². The molecule has 3 amide bonds. The highest BCUT2D eigenvalue weighted by Crippen LogP contribution is 2.28. The third kappa shape index (κ3) is 7.74. The first-order valence-electron chi connectivity index (χ1n) is 11.9. The van der Waals surface area contributed by atoms with Crippen molar-refractivity contribution in [3.8, 4) is 0 Å². The Morgan fingerprint density at radius 3 is 2.70 bits per heavy atom. The molecule has 0 aliphatic heterocycles. The van der Waals surface area contributed by atoms with E-state index < -0.39 is 29.5 Å². The van der Waals surface area contributed by atoms with Crippen molar-refractivity contribution in [2.75, 3.05) is 12.4 Å². The lowest BCUT2D eigenvalue weighted by atomic mass is 10.0. The molecule has 1 aromatic carbocycles. The van der Waals surface area contributed by atoms with E-state index in [2.05, 4.69) is 35.3 Å². The molecule has 0 bridgehead atoms. The normalized spacial score (nSPS) is 12.1. The molecule has 2 heterocycles. The maximum Gasteiger partial charge on any atom is 0.407 e. The van der Waals surface area contributed by atoms with Crippen molar-refractivity contribution in [2.45, 2.75) is 45.7 Å². The Balaban J connectivity index is 1.78. The Bertz CT molecular complexity index is 1360. The number of fused-ring (bicyclic) bond motifs is 1. The zero-order chi connectivity index (χ0) is 26.9. The molecular weight excluding hydrogens is 494 g/mol. The molecule has 4 N–H and O–H groups in total. The van der Waals surface area contributed by atoms with E-state index in [4.69, 9.17) is 10.7 Å². The number of allylic oxidation sites excluding steroid dienone is 1. The average molecular weight is 526 g/mol. The lowest BCUT2D eigenvalue weighted by Gasteiger charge is -2.17. The van der Waals surface area contributed by atoms with Crippen LogP contribution >= 0.6 is 11.3 Å². The molecule has 196 valence electrons. The van der Waals surface area contributed by atoms with Crippen LogP contribution in [-0.4, -0.2) is 40.6 Å². The Hall–Kier alpha value is -3.99. The number of rotatable bonds is 11. The zero-order valence-electron chi connectivity index (χ0n) is 21.0. The van der Waals surface area contributed by atoms with Gasteiger partial charge in [-0.05, 0) is 55.0 Å². The molecule has 2 aromatic heterocycles. The first-order valence-corrected chi connectivity index (χ1v) is 12.7. The van der Waals surface area contributed by atoms with Crippen molar-refractivity contribution >= 4 is 45.1 Å². The van der Waals surface area contributed by atoms with Gasteiger partial charge >= 0.3 is 6.09 Å². The van der Waals surface area contributed by atoms with Gasteiger partial charge in [0, 0.05) is 6.20 Å². The predicted octanol–water partition coefficient (Wildman–Crippen LogP) is 3.19. The number of primary amides is 1. The van der Waals surface area contributed by atoms with Crippen LogP contribution < -0.4 is 21.9 Å². The van der Waals surface area contributed by atoms with Gasteiger partial charge in [-0.25, -0.2) is 9.78 Å². The van der Waals surface area contributed by atoms with Gasteiger partial charge in [-0.1, -0.05) is 32.1 Å². The zero-order valence-corrected chi connectivity index (χ0v) is 21.8.